The molecule has 0 aliphatic heterocycles. The SMILES string of the molecule is CCN(CC)C(C)(C)C(N)CC1CCCC1. The molecule has 0 spiro atoms. The fourth-order valence-corrected chi connectivity index (χ4v) is 3.17. The molecule has 2 nitrogen and oxygen atoms in total. The standard InChI is InChI=1S/C14H30N2/c1-5-16(6-2)14(3,4)13(15)11-12-9-7-8-10-12/h12-13H,5-11,15H2,1-4H3. The zero-order valence-corrected chi connectivity index (χ0v) is 11.6. The molecule has 1 unspecified atom stereocenters. The second-order valence-electron chi connectivity index (χ2n) is 5.82. The Bertz CT molecular complexity index is 191. The van der Waals surface area contributed by atoms with Gasteiger partial charge in [0.25, 0.3) is 0 Å². The first-order chi connectivity index (χ1) is 7.52. The highest BCUT2D eigenvalue weighted by atomic mass is 15.2. The minimum Gasteiger partial charge on any atom is -0.326 e. The lowest BCUT2D eigenvalue weighted by atomic mass is 9.85. The summed E-state index contributed by atoms with van der Waals surface area (Å²) < 4.78 is 0. The lowest BCUT2D eigenvalue weighted by molar-refractivity contribution is 0.0964. The topological polar surface area (TPSA) is 29.3 Å². The lowest BCUT2D eigenvalue weighted by Crippen LogP contribution is -2.56. The second-order valence-corrected chi connectivity index (χ2v) is 5.82. The van der Waals surface area contributed by atoms with Crippen molar-refractivity contribution in [3.63, 3.8) is 0 Å². The van der Waals surface area contributed by atoms with Crippen molar-refractivity contribution in [1.29, 1.82) is 0 Å². The van der Waals surface area contributed by atoms with E-state index >= 15 is 0 Å². The average molecular weight is 226 g/mol. The van der Waals surface area contributed by atoms with Gasteiger partial charge in [-0.1, -0.05) is 39.5 Å². The van der Waals surface area contributed by atoms with Gasteiger partial charge >= 0.3 is 0 Å². The van der Waals surface area contributed by atoms with Crippen LogP contribution in [-0.2, 0) is 0 Å². The molecule has 0 amide bonds. The summed E-state index contributed by atoms with van der Waals surface area (Å²) in [5.41, 5.74) is 6.59. The van der Waals surface area contributed by atoms with Gasteiger partial charge in [-0.2, -0.15) is 0 Å². The van der Waals surface area contributed by atoms with Gasteiger partial charge in [0.1, 0.15) is 0 Å². The highest BCUT2D eigenvalue weighted by Gasteiger charge is 2.33. The van der Waals surface area contributed by atoms with Crippen LogP contribution < -0.4 is 5.73 Å². The molecule has 16 heavy (non-hydrogen) atoms. The average Bonchev–Trinajstić information content (AvgIpc) is 2.71. The Kier molecular flexibility index (Phi) is 5.26. The van der Waals surface area contributed by atoms with E-state index in [9.17, 15) is 0 Å². The Labute approximate surface area is 102 Å². The van der Waals surface area contributed by atoms with E-state index < -0.39 is 0 Å². The summed E-state index contributed by atoms with van der Waals surface area (Å²) in [6.45, 7) is 11.3. The molecule has 0 radical (unpaired) electrons. The summed E-state index contributed by atoms with van der Waals surface area (Å²) in [5.74, 6) is 0.893. The first kappa shape index (κ1) is 14.0. The molecular formula is C14H30N2. The van der Waals surface area contributed by atoms with Gasteiger partial charge in [-0.15, -0.1) is 0 Å². The van der Waals surface area contributed by atoms with Crippen molar-refractivity contribution in [3.8, 4) is 0 Å². The quantitative estimate of drug-likeness (QED) is 0.754. The fourth-order valence-electron chi connectivity index (χ4n) is 3.17. The third-order valence-electron chi connectivity index (χ3n) is 4.55. The zero-order valence-electron chi connectivity index (χ0n) is 11.6. The van der Waals surface area contributed by atoms with Crippen LogP contribution in [-0.4, -0.2) is 29.6 Å². The summed E-state index contributed by atoms with van der Waals surface area (Å²) >= 11 is 0. The maximum atomic E-state index is 6.44. The van der Waals surface area contributed by atoms with E-state index in [1.165, 1.54) is 32.1 Å². The third-order valence-corrected chi connectivity index (χ3v) is 4.55. The molecule has 0 aromatic carbocycles. The van der Waals surface area contributed by atoms with E-state index in [1.807, 2.05) is 0 Å². The second kappa shape index (κ2) is 6.02. The number of hydrogen-bond acceptors (Lipinski definition) is 2. The number of nitrogens with zero attached hydrogens (tertiary/aromatic N) is 1. The van der Waals surface area contributed by atoms with Crippen LogP contribution in [0.1, 0.15) is 59.8 Å². The molecular weight excluding hydrogens is 196 g/mol. The Morgan fingerprint density at radius 1 is 1.19 bits per heavy atom. The van der Waals surface area contributed by atoms with E-state index in [0.29, 0.717) is 6.04 Å². The highest BCUT2D eigenvalue weighted by Crippen LogP contribution is 2.31. The van der Waals surface area contributed by atoms with Crippen LogP contribution in [0.4, 0.5) is 0 Å². The van der Waals surface area contributed by atoms with Crippen LogP contribution in [0, 0.1) is 5.92 Å². The van der Waals surface area contributed by atoms with Gasteiger partial charge < -0.3 is 5.73 Å². The van der Waals surface area contributed by atoms with Crippen LogP contribution in [0.2, 0.25) is 0 Å². The maximum absolute atomic E-state index is 6.44. The molecule has 96 valence electrons. The van der Waals surface area contributed by atoms with Gasteiger partial charge in [0.05, 0.1) is 0 Å². The number of nitrogens with two attached hydrogens (primary N) is 1. The molecule has 1 fully saturated rings. The molecule has 0 saturated heterocycles. The Balaban J connectivity index is 2.51. The largest absolute Gasteiger partial charge is 0.326 e. The molecule has 0 aromatic rings. The molecule has 2 heteroatoms. The minimum atomic E-state index is 0.145. The fraction of sp³-hybridized carbons (Fsp3) is 1.00. The number of likely N-dealkylation sites (N-methyl/N-ethyl adjacent to an activating group) is 1. The molecule has 1 atom stereocenters. The summed E-state index contributed by atoms with van der Waals surface area (Å²) in [4.78, 5) is 2.49. The molecule has 0 heterocycles. The van der Waals surface area contributed by atoms with Crippen LogP contribution in [0.3, 0.4) is 0 Å². The van der Waals surface area contributed by atoms with Gasteiger partial charge in [-0.3, -0.25) is 4.90 Å². The molecule has 2 N–H and O–H groups in total. The van der Waals surface area contributed by atoms with Gasteiger partial charge in [-0.05, 0) is 39.3 Å². The Hall–Kier alpha value is -0.0800. The smallest absolute Gasteiger partial charge is 0.0303 e. The maximum Gasteiger partial charge on any atom is 0.0303 e. The normalized spacial score (nSPS) is 20.6. The van der Waals surface area contributed by atoms with Crippen molar-refractivity contribution < 1.29 is 0 Å². The molecule has 1 aliphatic carbocycles. The van der Waals surface area contributed by atoms with E-state index in [0.717, 1.165) is 19.0 Å². The lowest BCUT2D eigenvalue weighted by Gasteiger charge is -2.42. The van der Waals surface area contributed by atoms with Crippen molar-refractivity contribution >= 4 is 0 Å². The molecule has 0 bridgehead atoms. The molecule has 1 rings (SSSR count). The van der Waals surface area contributed by atoms with E-state index in [4.69, 9.17) is 5.73 Å². The number of hydrogen-bond donors (Lipinski definition) is 1. The van der Waals surface area contributed by atoms with E-state index in [2.05, 4.69) is 32.6 Å². The van der Waals surface area contributed by atoms with Crippen molar-refractivity contribution in [2.24, 2.45) is 11.7 Å². The monoisotopic (exact) mass is 226 g/mol. The van der Waals surface area contributed by atoms with E-state index in [-0.39, 0.29) is 5.54 Å². The Morgan fingerprint density at radius 2 is 1.69 bits per heavy atom. The predicted molar refractivity (Wildman–Crippen MR) is 71.6 cm³/mol. The molecule has 1 aliphatic rings. The van der Waals surface area contributed by atoms with Crippen molar-refractivity contribution in [3.05, 3.63) is 0 Å². The van der Waals surface area contributed by atoms with Crippen LogP contribution in [0.5, 0.6) is 0 Å². The zero-order chi connectivity index (χ0) is 12.2. The van der Waals surface area contributed by atoms with Crippen molar-refractivity contribution in [1.82, 2.24) is 4.90 Å². The van der Waals surface area contributed by atoms with E-state index in [1.54, 1.807) is 0 Å². The summed E-state index contributed by atoms with van der Waals surface area (Å²) in [6.07, 6.45) is 6.86. The van der Waals surface area contributed by atoms with Gasteiger partial charge in [0, 0.05) is 11.6 Å². The Morgan fingerprint density at radius 3 is 2.12 bits per heavy atom. The van der Waals surface area contributed by atoms with Crippen LogP contribution in [0.25, 0.3) is 0 Å². The minimum absolute atomic E-state index is 0.145. The third kappa shape index (κ3) is 3.21. The summed E-state index contributed by atoms with van der Waals surface area (Å²) in [7, 11) is 0. The van der Waals surface area contributed by atoms with Gasteiger partial charge in [0.15, 0.2) is 0 Å². The summed E-state index contributed by atoms with van der Waals surface area (Å²) in [5, 5.41) is 0. The van der Waals surface area contributed by atoms with Crippen molar-refractivity contribution in [2.45, 2.75) is 71.4 Å². The highest BCUT2D eigenvalue weighted by molar-refractivity contribution is 4.92. The first-order valence-corrected chi connectivity index (χ1v) is 7.03. The summed E-state index contributed by atoms with van der Waals surface area (Å²) in [6, 6.07) is 0.315. The predicted octanol–water partition coefficient (Wildman–Crippen LogP) is 3.01. The van der Waals surface area contributed by atoms with Crippen LogP contribution >= 0.6 is 0 Å². The molecule has 0 aromatic heterocycles. The van der Waals surface area contributed by atoms with Crippen LogP contribution in [0.15, 0.2) is 0 Å². The first-order valence-electron chi connectivity index (χ1n) is 7.03. The van der Waals surface area contributed by atoms with Gasteiger partial charge in [0.2, 0.25) is 0 Å². The van der Waals surface area contributed by atoms with Gasteiger partial charge in [-0.25, -0.2) is 0 Å². The number of rotatable bonds is 6. The molecule has 1 saturated carbocycles. The van der Waals surface area contributed by atoms with Crippen molar-refractivity contribution in [2.75, 3.05) is 13.1 Å².